The molecule has 5 heteroatoms. The summed E-state index contributed by atoms with van der Waals surface area (Å²) in [6.45, 7) is -1.40. The third-order valence-electron chi connectivity index (χ3n) is 1.52. The SMILES string of the molecule is OCC(F)(F)c1cc(Br)ccc1F. The van der Waals surface area contributed by atoms with Gasteiger partial charge in [-0.1, -0.05) is 15.9 Å². The van der Waals surface area contributed by atoms with Gasteiger partial charge in [0.25, 0.3) is 5.92 Å². The topological polar surface area (TPSA) is 20.2 Å². The van der Waals surface area contributed by atoms with Crippen LogP contribution in [0.4, 0.5) is 13.2 Å². The van der Waals surface area contributed by atoms with Crippen molar-refractivity contribution < 1.29 is 18.3 Å². The summed E-state index contributed by atoms with van der Waals surface area (Å²) in [6, 6.07) is 3.18. The summed E-state index contributed by atoms with van der Waals surface area (Å²) in [7, 11) is 0. The Balaban J connectivity index is 3.20. The highest BCUT2D eigenvalue weighted by atomic mass is 79.9. The van der Waals surface area contributed by atoms with Crippen LogP contribution >= 0.6 is 15.9 Å². The second-order valence-corrected chi connectivity index (χ2v) is 3.40. The summed E-state index contributed by atoms with van der Waals surface area (Å²) in [5.74, 6) is -4.56. The van der Waals surface area contributed by atoms with Crippen molar-refractivity contribution in [1.29, 1.82) is 0 Å². The third-order valence-corrected chi connectivity index (χ3v) is 2.01. The first-order chi connectivity index (χ1) is 5.97. The van der Waals surface area contributed by atoms with Crippen LogP contribution in [-0.2, 0) is 5.92 Å². The summed E-state index contributed by atoms with van der Waals surface area (Å²) in [5.41, 5.74) is -0.802. The lowest BCUT2D eigenvalue weighted by Crippen LogP contribution is -2.20. The highest BCUT2D eigenvalue weighted by Gasteiger charge is 2.33. The Morgan fingerprint density at radius 1 is 1.38 bits per heavy atom. The molecule has 0 heterocycles. The van der Waals surface area contributed by atoms with Crippen molar-refractivity contribution >= 4 is 15.9 Å². The molecule has 0 fully saturated rings. The number of rotatable bonds is 2. The molecule has 1 aromatic rings. The molecule has 0 atom stereocenters. The number of hydrogen-bond acceptors (Lipinski definition) is 1. The van der Waals surface area contributed by atoms with E-state index in [1.807, 2.05) is 0 Å². The van der Waals surface area contributed by atoms with Crippen molar-refractivity contribution in [3.05, 3.63) is 34.1 Å². The van der Waals surface area contributed by atoms with Crippen LogP contribution in [0.1, 0.15) is 5.56 Å². The molecule has 0 aliphatic heterocycles. The first-order valence-corrected chi connectivity index (χ1v) is 4.21. The molecule has 0 amide bonds. The summed E-state index contributed by atoms with van der Waals surface area (Å²) in [5, 5.41) is 8.33. The average molecular weight is 255 g/mol. The quantitative estimate of drug-likeness (QED) is 0.861. The molecule has 1 aromatic carbocycles. The van der Waals surface area contributed by atoms with Crippen LogP contribution < -0.4 is 0 Å². The van der Waals surface area contributed by atoms with Gasteiger partial charge in [0.05, 0.1) is 5.56 Å². The lowest BCUT2D eigenvalue weighted by atomic mass is 10.1. The van der Waals surface area contributed by atoms with E-state index in [-0.39, 0.29) is 0 Å². The van der Waals surface area contributed by atoms with Gasteiger partial charge in [0.1, 0.15) is 12.4 Å². The molecule has 1 rings (SSSR count). The lowest BCUT2D eigenvalue weighted by molar-refractivity contribution is -0.0583. The van der Waals surface area contributed by atoms with Gasteiger partial charge in [-0.25, -0.2) is 4.39 Å². The van der Waals surface area contributed by atoms with Gasteiger partial charge in [0, 0.05) is 4.47 Å². The fourth-order valence-corrected chi connectivity index (χ4v) is 1.22. The minimum absolute atomic E-state index is 0.344. The maximum atomic E-state index is 12.8. The Morgan fingerprint density at radius 2 is 2.00 bits per heavy atom. The van der Waals surface area contributed by atoms with Gasteiger partial charge in [-0.15, -0.1) is 0 Å². The Kier molecular flexibility index (Phi) is 2.98. The average Bonchev–Trinajstić information content (AvgIpc) is 2.09. The first-order valence-electron chi connectivity index (χ1n) is 3.41. The minimum Gasteiger partial charge on any atom is -0.390 e. The molecule has 0 radical (unpaired) electrons. The predicted molar refractivity (Wildman–Crippen MR) is 45.1 cm³/mol. The van der Waals surface area contributed by atoms with Gasteiger partial charge in [-0.2, -0.15) is 8.78 Å². The predicted octanol–water partition coefficient (Wildman–Crippen LogP) is 2.67. The zero-order chi connectivity index (χ0) is 10.1. The molecule has 1 nitrogen and oxygen atoms in total. The first kappa shape index (κ1) is 10.5. The molecule has 72 valence electrons. The fourth-order valence-electron chi connectivity index (χ4n) is 0.863. The molecular weight excluding hydrogens is 249 g/mol. The largest absolute Gasteiger partial charge is 0.390 e. The smallest absolute Gasteiger partial charge is 0.298 e. The molecule has 0 saturated heterocycles. The number of aliphatic hydroxyl groups excluding tert-OH is 1. The van der Waals surface area contributed by atoms with E-state index in [0.717, 1.165) is 12.1 Å². The van der Waals surface area contributed by atoms with Gasteiger partial charge >= 0.3 is 0 Å². The van der Waals surface area contributed by atoms with Crippen LogP contribution in [-0.4, -0.2) is 11.7 Å². The van der Waals surface area contributed by atoms with Crippen molar-refractivity contribution in [2.24, 2.45) is 0 Å². The van der Waals surface area contributed by atoms with Crippen molar-refractivity contribution in [2.75, 3.05) is 6.61 Å². The van der Waals surface area contributed by atoms with Crippen LogP contribution in [0.25, 0.3) is 0 Å². The molecule has 0 spiro atoms. The van der Waals surface area contributed by atoms with E-state index in [9.17, 15) is 13.2 Å². The number of halogens is 4. The maximum absolute atomic E-state index is 12.8. The van der Waals surface area contributed by atoms with Gasteiger partial charge < -0.3 is 5.11 Å². The molecule has 0 aliphatic rings. The second-order valence-electron chi connectivity index (χ2n) is 2.49. The Labute approximate surface area is 81.3 Å². The monoisotopic (exact) mass is 254 g/mol. The number of hydrogen-bond donors (Lipinski definition) is 1. The number of alkyl halides is 2. The van der Waals surface area contributed by atoms with Crippen molar-refractivity contribution in [3.8, 4) is 0 Å². The molecule has 0 unspecified atom stereocenters. The second kappa shape index (κ2) is 3.67. The molecule has 0 aliphatic carbocycles. The van der Waals surface area contributed by atoms with E-state index in [4.69, 9.17) is 5.11 Å². The summed E-state index contributed by atoms with van der Waals surface area (Å²) in [6.07, 6.45) is 0. The van der Waals surface area contributed by atoms with E-state index in [1.165, 1.54) is 6.07 Å². The van der Waals surface area contributed by atoms with Crippen LogP contribution in [0.3, 0.4) is 0 Å². The molecular formula is C8H6BrF3O. The van der Waals surface area contributed by atoms with Crippen molar-refractivity contribution in [3.63, 3.8) is 0 Å². The number of benzene rings is 1. The Hall–Kier alpha value is -0.550. The molecule has 13 heavy (non-hydrogen) atoms. The van der Waals surface area contributed by atoms with Gasteiger partial charge in [0.15, 0.2) is 0 Å². The van der Waals surface area contributed by atoms with Crippen LogP contribution in [0, 0.1) is 5.82 Å². The van der Waals surface area contributed by atoms with Crippen molar-refractivity contribution in [2.45, 2.75) is 5.92 Å². The highest BCUT2D eigenvalue weighted by molar-refractivity contribution is 9.10. The fraction of sp³-hybridized carbons (Fsp3) is 0.250. The normalized spacial score (nSPS) is 11.8. The summed E-state index contributed by atoms with van der Waals surface area (Å²) in [4.78, 5) is 0. The van der Waals surface area contributed by atoms with E-state index in [1.54, 1.807) is 0 Å². The third kappa shape index (κ3) is 2.22. The Morgan fingerprint density at radius 3 is 2.54 bits per heavy atom. The minimum atomic E-state index is -3.53. The summed E-state index contributed by atoms with van der Waals surface area (Å²) >= 11 is 2.94. The zero-order valence-corrected chi connectivity index (χ0v) is 7.98. The van der Waals surface area contributed by atoms with Gasteiger partial charge in [-0.05, 0) is 18.2 Å². The molecule has 0 aromatic heterocycles. The zero-order valence-electron chi connectivity index (χ0n) is 6.40. The Bertz CT molecular complexity index is 314. The van der Waals surface area contributed by atoms with Gasteiger partial charge in [0.2, 0.25) is 0 Å². The molecule has 1 N–H and O–H groups in total. The number of aliphatic hydroxyl groups is 1. The standard InChI is InChI=1S/C8H6BrF3O/c9-5-1-2-7(10)6(3-5)8(11,12)4-13/h1-3,13H,4H2. The molecule has 0 bridgehead atoms. The van der Waals surface area contributed by atoms with Crippen LogP contribution in [0.15, 0.2) is 22.7 Å². The molecule has 0 saturated carbocycles. The van der Waals surface area contributed by atoms with Gasteiger partial charge in [-0.3, -0.25) is 0 Å². The van der Waals surface area contributed by atoms with E-state index in [2.05, 4.69) is 15.9 Å². The maximum Gasteiger partial charge on any atom is 0.298 e. The summed E-state index contributed by atoms with van der Waals surface area (Å²) < 4.78 is 38.8. The highest BCUT2D eigenvalue weighted by Crippen LogP contribution is 2.31. The van der Waals surface area contributed by atoms with Crippen LogP contribution in [0.2, 0.25) is 0 Å². The van der Waals surface area contributed by atoms with E-state index in [0.29, 0.717) is 4.47 Å². The van der Waals surface area contributed by atoms with E-state index >= 15 is 0 Å². The van der Waals surface area contributed by atoms with Crippen molar-refractivity contribution in [1.82, 2.24) is 0 Å². The van der Waals surface area contributed by atoms with Crippen LogP contribution in [0.5, 0.6) is 0 Å². The lowest BCUT2D eigenvalue weighted by Gasteiger charge is -2.14. The van der Waals surface area contributed by atoms with E-state index < -0.39 is 23.9 Å².